The second-order valence-corrected chi connectivity index (χ2v) is 8.12. The molecule has 7 nitrogen and oxygen atoms in total. The summed E-state index contributed by atoms with van der Waals surface area (Å²) in [4.78, 5) is 11.7. The highest BCUT2D eigenvalue weighted by molar-refractivity contribution is 5.75. The fourth-order valence-electron chi connectivity index (χ4n) is 4.47. The molecular weight excluding hydrogens is 362 g/mol. The summed E-state index contributed by atoms with van der Waals surface area (Å²) >= 11 is 0. The highest BCUT2D eigenvalue weighted by Crippen LogP contribution is 2.29. The Balaban J connectivity index is 1.34. The van der Waals surface area contributed by atoms with Gasteiger partial charge in [0.2, 0.25) is 5.95 Å². The second-order valence-electron chi connectivity index (χ2n) is 8.12. The van der Waals surface area contributed by atoms with Crippen molar-refractivity contribution < 1.29 is 0 Å². The van der Waals surface area contributed by atoms with Crippen LogP contribution in [0.25, 0.3) is 11.0 Å². The lowest BCUT2D eigenvalue weighted by Gasteiger charge is -2.29. The van der Waals surface area contributed by atoms with E-state index in [4.69, 9.17) is 4.98 Å². The van der Waals surface area contributed by atoms with Crippen LogP contribution in [0.5, 0.6) is 0 Å². The van der Waals surface area contributed by atoms with Gasteiger partial charge in [-0.1, -0.05) is 25.7 Å². The third kappa shape index (κ3) is 4.05. The quantitative estimate of drug-likeness (QED) is 0.658. The van der Waals surface area contributed by atoms with Crippen LogP contribution >= 0.6 is 0 Å². The summed E-state index contributed by atoms with van der Waals surface area (Å²) in [6.45, 7) is 4.19. The minimum absolute atomic E-state index is 0.455. The first-order valence-corrected chi connectivity index (χ1v) is 10.9. The topological polar surface area (TPSA) is 70.9 Å². The largest absolute Gasteiger partial charge is 0.369 e. The Kier molecular flexibility index (Phi) is 5.30. The van der Waals surface area contributed by atoms with Gasteiger partial charge in [-0.3, -0.25) is 0 Å². The van der Waals surface area contributed by atoms with Gasteiger partial charge in [-0.2, -0.15) is 10.1 Å². The lowest BCUT2D eigenvalue weighted by Crippen LogP contribution is -2.43. The van der Waals surface area contributed by atoms with Crippen LogP contribution in [-0.2, 0) is 0 Å². The fraction of sp³-hybridized carbons (Fsp3) is 0.500. The molecule has 2 aromatic heterocycles. The minimum atomic E-state index is 0.455. The minimum Gasteiger partial charge on any atom is -0.369 e. The predicted octanol–water partition coefficient (Wildman–Crippen LogP) is 3.87. The summed E-state index contributed by atoms with van der Waals surface area (Å²) in [5.74, 6) is 0.628. The van der Waals surface area contributed by atoms with Crippen LogP contribution in [0.3, 0.4) is 0 Å². The molecule has 0 radical (unpaired) electrons. The van der Waals surface area contributed by atoms with E-state index in [2.05, 4.69) is 54.6 Å². The Morgan fingerprint density at radius 3 is 2.45 bits per heavy atom. The first-order chi connectivity index (χ1) is 14.4. The number of aromatic nitrogens is 4. The van der Waals surface area contributed by atoms with E-state index in [1.165, 1.54) is 44.2 Å². The van der Waals surface area contributed by atoms with Gasteiger partial charge in [-0.05, 0) is 37.1 Å². The average Bonchev–Trinajstić information content (AvgIpc) is 3.00. The molecule has 7 heteroatoms. The lowest BCUT2D eigenvalue weighted by atomic mass is 10.1. The number of nitrogens with zero attached hydrogens (tertiary/aromatic N) is 5. The average molecular weight is 392 g/mol. The molecule has 1 saturated heterocycles. The smallest absolute Gasteiger partial charge is 0.229 e. The molecule has 2 N–H and O–H groups in total. The number of nitrogens with one attached hydrogen (secondary N) is 2. The van der Waals surface area contributed by atoms with Crippen LogP contribution in [0.4, 0.5) is 17.3 Å². The van der Waals surface area contributed by atoms with Crippen molar-refractivity contribution in [1.82, 2.24) is 25.1 Å². The van der Waals surface area contributed by atoms with Gasteiger partial charge in [-0.15, -0.1) is 0 Å². The SMILES string of the molecule is c1cc(N2CCNCC2)ccc1Nc1ncc2cnn(C3CCCCCC3)c2n1. The Bertz CT molecular complexity index is 935. The van der Waals surface area contributed by atoms with Gasteiger partial charge in [0.15, 0.2) is 5.65 Å². The van der Waals surface area contributed by atoms with Gasteiger partial charge in [-0.25, -0.2) is 9.67 Å². The van der Waals surface area contributed by atoms with Gasteiger partial charge < -0.3 is 15.5 Å². The van der Waals surface area contributed by atoms with Gasteiger partial charge in [0.05, 0.1) is 17.6 Å². The van der Waals surface area contributed by atoms with Gasteiger partial charge in [0.25, 0.3) is 0 Å². The van der Waals surface area contributed by atoms with Gasteiger partial charge >= 0.3 is 0 Å². The molecule has 5 rings (SSSR count). The summed E-state index contributed by atoms with van der Waals surface area (Å²) in [6.07, 6.45) is 11.4. The van der Waals surface area contributed by atoms with Gasteiger partial charge in [0.1, 0.15) is 0 Å². The van der Waals surface area contributed by atoms with E-state index in [9.17, 15) is 0 Å². The van der Waals surface area contributed by atoms with Crippen LogP contribution in [0.15, 0.2) is 36.7 Å². The van der Waals surface area contributed by atoms with E-state index in [1.54, 1.807) is 0 Å². The number of rotatable bonds is 4. The third-order valence-electron chi connectivity index (χ3n) is 6.11. The highest BCUT2D eigenvalue weighted by atomic mass is 15.3. The van der Waals surface area contributed by atoms with E-state index in [0.29, 0.717) is 12.0 Å². The van der Waals surface area contributed by atoms with Gasteiger partial charge in [0, 0.05) is 43.8 Å². The Hall–Kier alpha value is -2.67. The molecule has 0 atom stereocenters. The molecule has 1 aliphatic heterocycles. The van der Waals surface area contributed by atoms with E-state index < -0.39 is 0 Å². The normalized spacial score (nSPS) is 18.7. The number of fused-ring (bicyclic) bond motifs is 1. The van der Waals surface area contributed by atoms with Crippen molar-refractivity contribution in [3.63, 3.8) is 0 Å². The van der Waals surface area contributed by atoms with E-state index >= 15 is 0 Å². The molecule has 0 amide bonds. The van der Waals surface area contributed by atoms with E-state index in [1.807, 2.05) is 12.4 Å². The molecule has 0 spiro atoms. The van der Waals surface area contributed by atoms with Crippen molar-refractivity contribution in [3.05, 3.63) is 36.7 Å². The van der Waals surface area contributed by atoms with Crippen LogP contribution in [0.1, 0.15) is 44.6 Å². The Labute approximate surface area is 171 Å². The second kappa shape index (κ2) is 8.37. The number of hydrogen-bond donors (Lipinski definition) is 2. The maximum Gasteiger partial charge on any atom is 0.229 e. The maximum absolute atomic E-state index is 4.81. The summed E-state index contributed by atoms with van der Waals surface area (Å²) in [6, 6.07) is 9.00. The number of benzene rings is 1. The summed E-state index contributed by atoms with van der Waals surface area (Å²) in [7, 11) is 0. The highest BCUT2D eigenvalue weighted by Gasteiger charge is 2.18. The standard InChI is InChI=1S/C22H29N7/c1-2-4-6-20(5-3-1)29-21-17(16-25-29)15-24-22(27-21)26-18-7-9-19(10-8-18)28-13-11-23-12-14-28/h7-10,15-16,20,23H,1-6,11-14H2,(H,24,26,27). The molecule has 3 aromatic rings. The predicted molar refractivity (Wildman–Crippen MR) is 117 cm³/mol. The molecule has 152 valence electrons. The Morgan fingerprint density at radius 2 is 1.69 bits per heavy atom. The summed E-state index contributed by atoms with van der Waals surface area (Å²) < 4.78 is 2.13. The summed E-state index contributed by atoms with van der Waals surface area (Å²) in [5.41, 5.74) is 3.20. The summed E-state index contributed by atoms with van der Waals surface area (Å²) in [5, 5.41) is 12.4. The van der Waals surface area contributed by atoms with Crippen molar-refractivity contribution >= 4 is 28.4 Å². The third-order valence-corrected chi connectivity index (χ3v) is 6.11. The molecule has 1 saturated carbocycles. The molecule has 0 bridgehead atoms. The van der Waals surface area contributed by atoms with Crippen LogP contribution in [-0.4, -0.2) is 45.9 Å². The zero-order valence-electron chi connectivity index (χ0n) is 16.8. The number of anilines is 3. The zero-order valence-corrected chi connectivity index (χ0v) is 16.8. The fourth-order valence-corrected chi connectivity index (χ4v) is 4.47. The molecular formula is C22H29N7. The molecule has 0 unspecified atom stereocenters. The molecule has 3 heterocycles. The van der Waals surface area contributed by atoms with Crippen molar-refractivity contribution in [2.45, 2.75) is 44.6 Å². The van der Waals surface area contributed by atoms with E-state index in [0.717, 1.165) is 42.9 Å². The molecule has 1 aromatic carbocycles. The van der Waals surface area contributed by atoms with Crippen molar-refractivity contribution in [1.29, 1.82) is 0 Å². The van der Waals surface area contributed by atoms with E-state index in [-0.39, 0.29) is 0 Å². The molecule has 29 heavy (non-hydrogen) atoms. The maximum atomic E-state index is 4.81. The molecule has 1 aliphatic carbocycles. The molecule has 2 fully saturated rings. The monoisotopic (exact) mass is 391 g/mol. The number of hydrogen-bond acceptors (Lipinski definition) is 6. The first kappa shape index (κ1) is 18.4. The van der Waals surface area contributed by atoms with Crippen molar-refractivity contribution in [2.24, 2.45) is 0 Å². The number of piperazine rings is 1. The molecule has 2 aliphatic rings. The van der Waals surface area contributed by atoms with Crippen LogP contribution < -0.4 is 15.5 Å². The zero-order chi connectivity index (χ0) is 19.5. The Morgan fingerprint density at radius 1 is 0.931 bits per heavy atom. The van der Waals surface area contributed by atoms with Crippen molar-refractivity contribution in [3.8, 4) is 0 Å². The van der Waals surface area contributed by atoms with Crippen molar-refractivity contribution in [2.75, 3.05) is 36.4 Å². The first-order valence-electron chi connectivity index (χ1n) is 10.9. The lowest BCUT2D eigenvalue weighted by molar-refractivity contribution is 0.415. The van der Waals surface area contributed by atoms with Crippen LogP contribution in [0, 0.1) is 0 Å². The van der Waals surface area contributed by atoms with Crippen LogP contribution in [0.2, 0.25) is 0 Å².